The van der Waals surface area contributed by atoms with Crippen LogP contribution in [0.1, 0.15) is 58.8 Å². The number of hydrogen-bond donors (Lipinski definition) is 2. The van der Waals surface area contributed by atoms with Crippen LogP contribution in [0.4, 0.5) is 0 Å². The Morgan fingerprint density at radius 2 is 1.62 bits per heavy atom. The molecule has 4 bridgehead atoms. The number of amides is 2. The summed E-state index contributed by atoms with van der Waals surface area (Å²) >= 11 is 0. The Morgan fingerprint density at radius 3 is 2.17 bits per heavy atom. The number of nitrogens with one attached hydrogen (secondary N) is 2. The first-order chi connectivity index (χ1) is 11.5. The molecule has 0 atom stereocenters. The molecule has 0 aromatic rings. The van der Waals surface area contributed by atoms with Crippen LogP contribution in [-0.2, 0) is 14.3 Å². The zero-order chi connectivity index (χ0) is 17.2. The average Bonchev–Trinajstić information content (AvgIpc) is 2.50. The van der Waals surface area contributed by atoms with Crippen molar-refractivity contribution in [2.75, 3.05) is 19.7 Å². The Hall–Kier alpha value is -1.10. The van der Waals surface area contributed by atoms with E-state index in [-0.39, 0.29) is 29.9 Å². The fourth-order valence-corrected chi connectivity index (χ4v) is 5.42. The van der Waals surface area contributed by atoms with Crippen molar-refractivity contribution in [1.29, 1.82) is 0 Å². The van der Waals surface area contributed by atoms with Gasteiger partial charge in [-0.3, -0.25) is 9.59 Å². The lowest BCUT2D eigenvalue weighted by Crippen LogP contribution is -2.54. The third-order valence-corrected chi connectivity index (χ3v) is 6.02. The van der Waals surface area contributed by atoms with Crippen LogP contribution in [0, 0.1) is 23.2 Å². The molecule has 4 fully saturated rings. The monoisotopic (exact) mass is 336 g/mol. The van der Waals surface area contributed by atoms with Gasteiger partial charge >= 0.3 is 0 Å². The summed E-state index contributed by atoms with van der Waals surface area (Å²) in [5, 5.41) is 5.77. The number of ether oxygens (including phenoxy) is 1. The summed E-state index contributed by atoms with van der Waals surface area (Å²) < 4.78 is 5.44. The number of rotatable bonds is 8. The molecular formula is C19H32N2O3. The predicted octanol–water partition coefficient (Wildman–Crippen LogP) is 2.25. The minimum absolute atomic E-state index is 0.0994. The summed E-state index contributed by atoms with van der Waals surface area (Å²) in [5.41, 5.74) is -0.167. The molecule has 4 aliphatic carbocycles. The molecule has 0 unspecified atom stereocenters. The Balaban J connectivity index is 1.37. The molecule has 136 valence electrons. The van der Waals surface area contributed by atoms with Crippen LogP contribution in [0.2, 0.25) is 0 Å². The Kier molecular flexibility index (Phi) is 5.48. The third kappa shape index (κ3) is 4.11. The van der Waals surface area contributed by atoms with E-state index < -0.39 is 0 Å². The van der Waals surface area contributed by atoms with Crippen LogP contribution in [0.3, 0.4) is 0 Å². The van der Waals surface area contributed by atoms with Gasteiger partial charge in [0.25, 0.3) is 0 Å². The van der Waals surface area contributed by atoms with Crippen LogP contribution < -0.4 is 10.6 Å². The molecule has 5 heteroatoms. The van der Waals surface area contributed by atoms with E-state index in [9.17, 15) is 9.59 Å². The Morgan fingerprint density at radius 1 is 1.04 bits per heavy atom. The van der Waals surface area contributed by atoms with E-state index in [1.54, 1.807) is 0 Å². The number of carbonyl (C=O) groups excluding carboxylic acids is 2. The highest BCUT2D eigenvalue weighted by Gasteiger charge is 2.54. The fraction of sp³-hybridized carbons (Fsp3) is 0.895. The summed E-state index contributed by atoms with van der Waals surface area (Å²) in [4.78, 5) is 24.6. The molecule has 5 nitrogen and oxygen atoms in total. The minimum atomic E-state index is -0.167. The van der Waals surface area contributed by atoms with Crippen molar-refractivity contribution >= 4 is 11.8 Å². The quantitative estimate of drug-likeness (QED) is 0.668. The van der Waals surface area contributed by atoms with Crippen molar-refractivity contribution in [3.05, 3.63) is 0 Å². The van der Waals surface area contributed by atoms with Gasteiger partial charge in [0.2, 0.25) is 11.8 Å². The van der Waals surface area contributed by atoms with Gasteiger partial charge in [-0.25, -0.2) is 0 Å². The van der Waals surface area contributed by atoms with Crippen molar-refractivity contribution in [3.8, 4) is 0 Å². The highest BCUT2D eigenvalue weighted by Crippen LogP contribution is 2.60. The molecule has 4 rings (SSSR count). The van der Waals surface area contributed by atoms with Gasteiger partial charge < -0.3 is 15.4 Å². The first-order valence-corrected chi connectivity index (χ1v) is 9.63. The van der Waals surface area contributed by atoms with Gasteiger partial charge in [-0.05, 0) is 76.5 Å². The highest BCUT2D eigenvalue weighted by atomic mass is 16.5. The number of hydrogen-bond acceptors (Lipinski definition) is 3. The second-order valence-electron chi connectivity index (χ2n) is 8.50. The summed E-state index contributed by atoms with van der Waals surface area (Å²) in [6, 6.07) is 0. The predicted molar refractivity (Wildman–Crippen MR) is 92.3 cm³/mol. The van der Waals surface area contributed by atoms with Crippen LogP contribution in [0.15, 0.2) is 0 Å². The second kappa shape index (κ2) is 7.42. The first-order valence-electron chi connectivity index (χ1n) is 9.63. The maximum absolute atomic E-state index is 12.7. The van der Waals surface area contributed by atoms with E-state index >= 15 is 0 Å². The lowest BCUT2D eigenvalue weighted by atomic mass is 9.49. The summed E-state index contributed by atoms with van der Waals surface area (Å²) in [6.07, 6.45) is 8.12. The van der Waals surface area contributed by atoms with Crippen molar-refractivity contribution in [1.82, 2.24) is 10.6 Å². The summed E-state index contributed by atoms with van der Waals surface area (Å²) in [6.45, 7) is 5.35. The second-order valence-corrected chi connectivity index (χ2v) is 8.50. The molecule has 4 aliphatic rings. The first kappa shape index (κ1) is 17.7. The zero-order valence-electron chi connectivity index (χ0n) is 15.1. The van der Waals surface area contributed by atoms with Crippen molar-refractivity contribution in [2.45, 2.75) is 64.9 Å². The van der Waals surface area contributed by atoms with Crippen LogP contribution >= 0.6 is 0 Å². The van der Waals surface area contributed by atoms with Gasteiger partial charge in [0.15, 0.2) is 0 Å². The molecule has 2 amide bonds. The molecule has 0 aromatic heterocycles. The standard InChI is InChI=1S/C19H32N2O3/c1-13(2)24-5-3-4-20-17(22)12-21-18(23)19-9-14-6-15(10-19)8-16(7-14)11-19/h13-16H,3-12H2,1-2H3,(H,20,22)(H,21,23). The van der Waals surface area contributed by atoms with Gasteiger partial charge in [0.1, 0.15) is 0 Å². The normalized spacial score (nSPS) is 33.7. The van der Waals surface area contributed by atoms with E-state index in [0.29, 0.717) is 13.2 Å². The maximum atomic E-state index is 12.7. The lowest BCUT2D eigenvalue weighted by molar-refractivity contribution is -0.147. The Labute approximate surface area is 145 Å². The zero-order valence-corrected chi connectivity index (χ0v) is 15.1. The van der Waals surface area contributed by atoms with Gasteiger partial charge in [0.05, 0.1) is 12.6 Å². The van der Waals surface area contributed by atoms with E-state index in [4.69, 9.17) is 4.74 Å². The smallest absolute Gasteiger partial charge is 0.239 e. The van der Waals surface area contributed by atoms with Crippen LogP contribution in [0.25, 0.3) is 0 Å². The van der Waals surface area contributed by atoms with Gasteiger partial charge in [0, 0.05) is 18.6 Å². The summed E-state index contributed by atoms with van der Waals surface area (Å²) in [7, 11) is 0. The van der Waals surface area contributed by atoms with Crippen molar-refractivity contribution in [2.24, 2.45) is 23.2 Å². The lowest BCUT2D eigenvalue weighted by Gasteiger charge is -2.55. The largest absolute Gasteiger partial charge is 0.379 e. The summed E-state index contributed by atoms with van der Waals surface area (Å²) in [5.74, 6) is 2.27. The van der Waals surface area contributed by atoms with Crippen LogP contribution in [0.5, 0.6) is 0 Å². The third-order valence-electron chi connectivity index (χ3n) is 6.02. The topological polar surface area (TPSA) is 67.4 Å². The van der Waals surface area contributed by atoms with Gasteiger partial charge in [-0.15, -0.1) is 0 Å². The molecule has 4 saturated carbocycles. The molecule has 0 aromatic carbocycles. The fourth-order valence-electron chi connectivity index (χ4n) is 5.42. The van der Waals surface area contributed by atoms with Gasteiger partial charge in [-0.1, -0.05) is 0 Å². The molecule has 0 radical (unpaired) electrons. The van der Waals surface area contributed by atoms with Crippen LogP contribution in [-0.4, -0.2) is 37.6 Å². The molecule has 2 N–H and O–H groups in total. The van der Waals surface area contributed by atoms with E-state index in [0.717, 1.165) is 43.4 Å². The maximum Gasteiger partial charge on any atom is 0.239 e. The molecule has 0 aliphatic heterocycles. The molecular weight excluding hydrogens is 304 g/mol. The van der Waals surface area contributed by atoms with Gasteiger partial charge in [-0.2, -0.15) is 0 Å². The molecule has 24 heavy (non-hydrogen) atoms. The van der Waals surface area contributed by atoms with Crippen molar-refractivity contribution < 1.29 is 14.3 Å². The van der Waals surface area contributed by atoms with E-state index in [2.05, 4.69) is 10.6 Å². The highest BCUT2D eigenvalue weighted by molar-refractivity contribution is 5.88. The SMILES string of the molecule is CC(C)OCCCNC(=O)CNC(=O)C12CC3CC(CC(C3)C1)C2. The number of carbonyl (C=O) groups is 2. The average molecular weight is 336 g/mol. The van der Waals surface area contributed by atoms with Crippen molar-refractivity contribution in [3.63, 3.8) is 0 Å². The van der Waals surface area contributed by atoms with E-state index in [1.165, 1.54) is 19.3 Å². The molecule has 0 spiro atoms. The minimum Gasteiger partial charge on any atom is -0.379 e. The Bertz CT molecular complexity index is 440. The van der Waals surface area contributed by atoms with E-state index in [1.807, 2.05) is 13.8 Å². The molecule has 0 heterocycles. The molecule has 0 saturated heterocycles.